The lowest BCUT2D eigenvalue weighted by atomic mass is 9.90. The zero-order chi connectivity index (χ0) is 20.4. The number of hydrogen-bond acceptors (Lipinski definition) is 5. The first kappa shape index (κ1) is 21.4. The van der Waals surface area contributed by atoms with Gasteiger partial charge in [0.05, 0.1) is 17.5 Å². The van der Waals surface area contributed by atoms with Crippen LogP contribution in [0.15, 0.2) is 4.90 Å². The van der Waals surface area contributed by atoms with E-state index in [-0.39, 0.29) is 23.3 Å². The third-order valence-corrected chi connectivity index (χ3v) is 7.46. The van der Waals surface area contributed by atoms with E-state index in [0.717, 1.165) is 19.3 Å². The summed E-state index contributed by atoms with van der Waals surface area (Å²) in [6, 6.07) is 2.13. The highest BCUT2D eigenvalue weighted by Crippen LogP contribution is 2.26. The summed E-state index contributed by atoms with van der Waals surface area (Å²) in [6.07, 6.45) is 2.75. The lowest BCUT2D eigenvalue weighted by molar-refractivity contribution is -0.123. The lowest BCUT2D eigenvalue weighted by Crippen LogP contribution is -2.50. The summed E-state index contributed by atoms with van der Waals surface area (Å²) < 4.78 is 28.9. The number of nitrogens with one attached hydrogen (secondary N) is 1. The molecule has 9 heteroatoms. The molecule has 0 bridgehead atoms. The average molecular weight is 396 g/mol. The number of rotatable bonds is 6. The summed E-state index contributed by atoms with van der Waals surface area (Å²) in [6.45, 7) is 9.59. The molecule has 27 heavy (non-hydrogen) atoms. The number of carbonyl (C=O) groups is 1. The predicted octanol–water partition coefficient (Wildman–Crippen LogP) is 1.73. The minimum absolute atomic E-state index is 0.0676. The Balaban J connectivity index is 2.25. The summed E-state index contributed by atoms with van der Waals surface area (Å²) in [5.41, 5.74) is -0.162. The van der Waals surface area contributed by atoms with Crippen LogP contribution >= 0.6 is 0 Å². The van der Waals surface area contributed by atoms with Crippen molar-refractivity contribution in [2.45, 2.75) is 70.9 Å². The normalized spacial score (nSPS) is 18.1. The fraction of sp³-hybridized carbons (Fsp3) is 0.722. The quantitative estimate of drug-likeness (QED) is 0.789. The number of piperidine rings is 1. The standard InChI is InChI=1S/C18H29N5O3S/c1-13(2)18(5,12-19)20-16(24)11-23-15(4)17(14(3)21-23)27(25,26)22-9-7-6-8-10-22/h13H,6-11H2,1-5H3,(H,20,24). The van der Waals surface area contributed by atoms with Gasteiger partial charge in [-0.1, -0.05) is 20.3 Å². The van der Waals surface area contributed by atoms with Crippen LogP contribution in [-0.4, -0.2) is 47.0 Å². The highest BCUT2D eigenvalue weighted by molar-refractivity contribution is 7.89. The van der Waals surface area contributed by atoms with Crippen LogP contribution in [0.1, 0.15) is 51.4 Å². The van der Waals surface area contributed by atoms with E-state index < -0.39 is 15.6 Å². The van der Waals surface area contributed by atoms with Crippen molar-refractivity contribution in [1.82, 2.24) is 19.4 Å². The molecule has 150 valence electrons. The number of aromatic nitrogens is 2. The molecule has 0 spiro atoms. The van der Waals surface area contributed by atoms with Crippen LogP contribution < -0.4 is 5.32 Å². The Hall–Kier alpha value is -1.92. The van der Waals surface area contributed by atoms with Gasteiger partial charge >= 0.3 is 0 Å². The summed E-state index contributed by atoms with van der Waals surface area (Å²) >= 11 is 0. The fourth-order valence-electron chi connectivity index (χ4n) is 3.21. The molecule has 1 aromatic rings. The van der Waals surface area contributed by atoms with Crippen molar-refractivity contribution in [2.75, 3.05) is 13.1 Å². The van der Waals surface area contributed by atoms with E-state index in [1.54, 1.807) is 20.8 Å². The first-order chi connectivity index (χ1) is 12.5. The molecule has 0 radical (unpaired) electrons. The lowest BCUT2D eigenvalue weighted by Gasteiger charge is -2.27. The molecule has 1 saturated heterocycles. The average Bonchev–Trinajstić information content (AvgIpc) is 2.89. The van der Waals surface area contributed by atoms with Crippen LogP contribution in [0.2, 0.25) is 0 Å². The van der Waals surface area contributed by atoms with Crippen molar-refractivity contribution in [1.29, 1.82) is 5.26 Å². The predicted molar refractivity (Wildman–Crippen MR) is 101 cm³/mol. The molecule has 1 unspecified atom stereocenters. The van der Waals surface area contributed by atoms with E-state index >= 15 is 0 Å². The van der Waals surface area contributed by atoms with Gasteiger partial charge in [-0.2, -0.15) is 14.7 Å². The van der Waals surface area contributed by atoms with Gasteiger partial charge in [0, 0.05) is 13.1 Å². The first-order valence-electron chi connectivity index (χ1n) is 9.29. The molecule has 1 fully saturated rings. The van der Waals surface area contributed by atoms with E-state index in [1.807, 2.05) is 13.8 Å². The van der Waals surface area contributed by atoms with Gasteiger partial charge in [-0.3, -0.25) is 9.48 Å². The Morgan fingerprint density at radius 3 is 2.41 bits per heavy atom. The maximum atomic E-state index is 13.0. The minimum Gasteiger partial charge on any atom is -0.336 e. The van der Waals surface area contributed by atoms with E-state index in [9.17, 15) is 18.5 Å². The second-order valence-corrected chi connectivity index (χ2v) is 9.51. The SMILES string of the molecule is Cc1nn(CC(=O)NC(C)(C#N)C(C)C)c(C)c1S(=O)(=O)N1CCCCC1. The molecule has 0 aromatic carbocycles. The number of hydrogen-bond donors (Lipinski definition) is 1. The van der Waals surface area contributed by atoms with Crippen LogP contribution in [0.25, 0.3) is 0 Å². The maximum absolute atomic E-state index is 13.0. The Morgan fingerprint density at radius 1 is 1.30 bits per heavy atom. The Kier molecular flexibility index (Phi) is 6.32. The summed E-state index contributed by atoms with van der Waals surface area (Å²) in [4.78, 5) is 12.6. The van der Waals surface area contributed by atoms with Crippen molar-refractivity contribution in [3.05, 3.63) is 11.4 Å². The van der Waals surface area contributed by atoms with E-state index in [1.165, 1.54) is 8.99 Å². The van der Waals surface area contributed by atoms with Crippen molar-refractivity contribution in [3.8, 4) is 6.07 Å². The number of amides is 1. The van der Waals surface area contributed by atoms with E-state index in [2.05, 4.69) is 16.5 Å². The molecule has 1 aliphatic heterocycles. The van der Waals surface area contributed by atoms with E-state index in [0.29, 0.717) is 24.5 Å². The van der Waals surface area contributed by atoms with Gasteiger partial charge in [0.25, 0.3) is 0 Å². The first-order valence-corrected chi connectivity index (χ1v) is 10.7. The highest BCUT2D eigenvalue weighted by Gasteiger charge is 2.33. The van der Waals surface area contributed by atoms with Gasteiger partial charge < -0.3 is 5.32 Å². The number of nitrogens with zero attached hydrogens (tertiary/aromatic N) is 4. The molecular weight excluding hydrogens is 366 g/mol. The van der Waals surface area contributed by atoms with Gasteiger partial charge in [0.2, 0.25) is 15.9 Å². The smallest absolute Gasteiger partial charge is 0.246 e. The van der Waals surface area contributed by atoms with Crippen LogP contribution in [0.3, 0.4) is 0 Å². The fourth-order valence-corrected chi connectivity index (χ4v) is 5.10. The summed E-state index contributed by atoms with van der Waals surface area (Å²) in [7, 11) is -3.63. The molecule has 0 aliphatic carbocycles. The molecule has 8 nitrogen and oxygen atoms in total. The largest absolute Gasteiger partial charge is 0.336 e. The molecule has 1 aromatic heterocycles. The zero-order valence-electron chi connectivity index (χ0n) is 16.7. The van der Waals surface area contributed by atoms with Crippen molar-refractivity contribution >= 4 is 15.9 Å². The van der Waals surface area contributed by atoms with Crippen LogP contribution in [0.5, 0.6) is 0 Å². The zero-order valence-corrected chi connectivity index (χ0v) is 17.6. The second-order valence-electron chi connectivity index (χ2n) is 7.64. The molecule has 1 aliphatic rings. The maximum Gasteiger partial charge on any atom is 0.246 e. The minimum atomic E-state index is -3.63. The van der Waals surface area contributed by atoms with Crippen molar-refractivity contribution < 1.29 is 13.2 Å². The molecule has 1 atom stereocenters. The Bertz CT molecular complexity index is 847. The van der Waals surface area contributed by atoms with Crippen molar-refractivity contribution in [3.63, 3.8) is 0 Å². The van der Waals surface area contributed by atoms with E-state index in [4.69, 9.17) is 0 Å². The van der Waals surface area contributed by atoms with Gasteiger partial charge in [0.15, 0.2) is 0 Å². The number of sulfonamides is 1. The van der Waals surface area contributed by atoms with Gasteiger partial charge in [-0.25, -0.2) is 8.42 Å². The van der Waals surface area contributed by atoms with Gasteiger partial charge in [-0.15, -0.1) is 0 Å². The molecule has 1 amide bonds. The van der Waals surface area contributed by atoms with Crippen LogP contribution in [-0.2, 0) is 21.4 Å². The second kappa shape index (κ2) is 7.98. The Labute approximate surface area is 161 Å². The van der Waals surface area contributed by atoms with Crippen LogP contribution in [0, 0.1) is 31.1 Å². The summed E-state index contributed by atoms with van der Waals surface area (Å²) in [5, 5.41) is 16.4. The third kappa shape index (κ3) is 4.33. The van der Waals surface area contributed by atoms with Gasteiger partial charge in [-0.05, 0) is 39.5 Å². The number of carbonyl (C=O) groups excluding carboxylic acids is 1. The molecule has 2 heterocycles. The summed E-state index contributed by atoms with van der Waals surface area (Å²) in [5.74, 6) is -0.442. The topological polar surface area (TPSA) is 108 Å². The van der Waals surface area contributed by atoms with Gasteiger partial charge in [0.1, 0.15) is 17.0 Å². The molecule has 0 saturated carbocycles. The highest BCUT2D eigenvalue weighted by atomic mass is 32.2. The van der Waals surface area contributed by atoms with Crippen LogP contribution in [0.4, 0.5) is 0 Å². The Morgan fingerprint density at radius 2 is 1.89 bits per heavy atom. The third-order valence-electron chi connectivity index (χ3n) is 5.31. The number of nitriles is 1. The molecule has 1 N–H and O–H groups in total. The van der Waals surface area contributed by atoms with Crippen molar-refractivity contribution in [2.24, 2.45) is 5.92 Å². The molecule has 2 rings (SSSR count). The molecular formula is C18H29N5O3S. The number of aryl methyl sites for hydroxylation is 1. The monoisotopic (exact) mass is 395 g/mol.